The van der Waals surface area contributed by atoms with Crippen molar-refractivity contribution in [2.24, 2.45) is 0 Å². The van der Waals surface area contributed by atoms with E-state index in [2.05, 4.69) is 267 Å². The van der Waals surface area contributed by atoms with Crippen LogP contribution in [0, 0.1) is 0 Å². The molecule has 0 aliphatic heterocycles. The first-order valence-electron chi connectivity index (χ1n) is 23.5. The fourth-order valence-electron chi connectivity index (χ4n) is 12.0. The standard InChI is InChI=1S/C66H47N/c1-65(2)59-33-18-34-61(64(59)63-54-28-13-12-21-45(54)37-41-60(63)65)67(50-38-35-46(36-39-50)53-31-17-23-47-22-16-30-52(62(47)53)44-19-6-3-7-20-44)51-40-42-58-56(43-51)55-29-14-15-32-57(55)66(58,48-24-8-4-9-25-48)49-26-10-5-11-27-49/h3-43H,1-2H3. The Morgan fingerprint density at radius 3 is 1.55 bits per heavy atom. The molecule has 0 spiro atoms. The zero-order valence-corrected chi connectivity index (χ0v) is 37.6. The van der Waals surface area contributed by atoms with Crippen LogP contribution in [0.4, 0.5) is 17.1 Å². The topological polar surface area (TPSA) is 3.24 Å². The van der Waals surface area contributed by atoms with Crippen molar-refractivity contribution < 1.29 is 0 Å². The lowest BCUT2D eigenvalue weighted by Gasteiger charge is -2.34. The maximum atomic E-state index is 2.53. The van der Waals surface area contributed by atoms with E-state index >= 15 is 0 Å². The Hall–Kier alpha value is -8.26. The van der Waals surface area contributed by atoms with Gasteiger partial charge in [-0.3, -0.25) is 0 Å². The summed E-state index contributed by atoms with van der Waals surface area (Å²) in [5, 5.41) is 5.05. The van der Waals surface area contributed by atoms with E-state index in [-0.39, 0.29) is 5.41 Å². The van der Waals surface area contributed by atoms with Crippen molar-refractivity contribution in [1.82, 2.24) is 0 Å². The van der Waals surface area contributed by atoms with Gasteiger partial charge in [-0.05, 0) is 124 Å². The van der Waals surface area contributed by atoms with Gasteiger partial charge >= 0.3 is 0 Å². The smallest absolute Gasteiger partial charge is 0.0713 e. The molecule has 0 N–H and O–H groups in total. The highest BCUT2D eigenvalue weighted by Gasteiger charge is 2.46. The van der Waals surface area contributed by atoms with Crippen molar-refractivity contribution in [3.8, 4) is 44.5 Å². The Kier molecular flexibility index (Phi) is 8.85. The van der Waals surface area contributed by atoms with E-state index in [1.165, 1.54) is 105 Å². The van der Waals surface area contributed by atoms with E-state index in [9.17, 15) is 0 Å². The molecule has 0 heterocycles. The molecule has 0 saturated carbocycles. The normalized spacial score (nSPS) is 13.8. The van der Waals surface area contributed by atoms with Crippen LogP contribution < -0.4 is 4.90 Å². The summed E-state index contributed by atoms with van der Waals surface area (Å²) >= 11 is 0. The van der Waals surface area contributed by atoms with Crippen molar-refractivity contribution in [2.75, 3.05) is 4.90 Å². The van der Waals surface area contributed by atoms with Gasteiger partial charge in [-0.15, -0.1) is 0 Å². The molecule has 0 aromatic heterocycles. The van der Waals surface area contributed by atoms with E-state index in [4.69, 9.17) is 0 Å². The first-order valence-corrected chi connectivity index (χ1v) is 23.5. The van der Waals surface area contributed by atoms with E-state index in [1.807, 2.05) is 0 Å². The summed E-state index contributed by atoms with van der Waals surface area (Å²) < 4.78 is 0. The molecule has 2 aliphatic rings. The molecule has 11 aromatic rings. The average Bonchev–Trinajstić information content (AvgIpc) is 3.82. The van der Waals surface area contributed by atoms with Gasteiger partial charge < -0.3 is 4.90 Å². The Morgan fingerprint density at radius 1 is 0.328 bits per heavy atom. The molecule has 1 heteroatoms. The second-order valence-electron chi connectivity index (χ2n) is 18.7. The van der Waals surface area contributed by atoms with Gasteiger partial charge in [0.25, 0.3) is 0 Å². The molecule has 2 aliphatic carbocycles. The van der Waals surface area contributed by atoms with Crippen LogP contribution in [0.1, 0.15) is 47.2 Å². The molecule has 0 saturated heterocycles. The van der Waals surface area contributed by atoms with Crippen LogP contribution in [-0.2, 0) is 10.8 Å². The molecule has 0 bridgehead atoms. The number of hydrogen-bond acceptors (Lipinski definition) is 1. The highest BCUT2D eigenvalue weighted by Crippen LogP contribution is 2.59. The molecule has 0 unspecified atom stereocenters. The lowest BCUT2D eigenvalue weighted by Crippen LogP contribution is -2.28. The van der Waals surface area contributed by atoms with E-state index in [1.54, 1.807) is 0 Å². The van der Waals surface area contributed by atoms with Gasteiger partial charge in [0.05, 0.1) is 11.1 Å². The van der Waals surface area contributed by atoms with Crippen molar-refractivity contribution >= 4 is 38.6 Å². The summed E-state index contributed by atoms with van der Waals surface area (Å²) in [6.07, 6.45) is 0. The highest BCUT2D eigenvalue weighted by atomic mass is 15.1. The van der Waals surface area contributed by atoms with E-state index in [0.29, 0.717) is 0 Å². The Balaban J connectivity index is 1.06. The van der Waals surface area contributed by atoms with Gasteiger partial charge in [0.15, 0.2) is 0 Å². The number of hydrogen-bond donors (Lipinski definition) is 0. The molecule has 0 atom stereocenters. The van der Waals surface area contributed by atoms with Crippen LogP contribution in [0.15, 0.2) is 249 Å². The average molecular weight is 854 g/mol. The quantitative estimate of drug-likeness (QED) is 0.154. The lowest BCUT2D eigenvalue weighted by molar-refractivity contribution is 0.661. The van der Waals surface area contributed by atoms with Gasteiger partial charge in [0, 0.05) is 22.4 Å². The summed E-state index contributed by atoms with van der Waals surface area (Å²) in [7, 11) is 0. The van der Waals surface area contributed by atoms with Crippen LogP contribution in [0.25, 0.3) is 66.1 Å². The van der Waals surface area contributed by atoms with Crippen LogP contribution in [0.3, 0.4) is 0 Å². The SMILES string of the molecule is CC1(C)c2cccc(N(c3ccc(-c4cccc5cccc(-c6ccccc6)c45)cc3)c3ccc4c(c3)-c3ccccc3C4(c3ccccc3)c3ccccc3)c2-c2c1ccc1ccccc21. The van der Waals surface area contributed by atoms with Gasteiger partial charge in [0.2, 0.25) is 0 Å². The molecule has 67 heavy (non-hydrogen) atoms. The molecule has 0 radical (unpaired) electrons. The summed E-state index contributed by atoms with van der Waals surface area (Å²) in [6.45, 7) is 4.78. The highest BCUT2D eigenvalue weighted by molar-refractivity contribution is 6.09. The molecular formula is C66H47N. The summed E-state index contributed by atoms with van der Waals surface area (Å²) in [5.74, 6) is 0. The minimum atomic E-state index is -0.480. The second kappa shape index (κ2) is 15.2. The predicted octanol–water partition coefficient (Wildman–Crippen LogP) is 17.5. The van der Waals surface area contributed by atoms with Gasteiger partial charge in [-0.1, -0.05) is 232 Å². The Bertz CT molecular complexity index is 3650. The third kappa shape index (κ3) is 5.81. The molecule has 316 valence electrons. The third-order valence-electron chi connectivity index (χ3n) is 14.9. The second-order valence-corrected chi connectivity index (χ2v) is 18.7. The van der Waals surface area contributed by atoms with Crippen LogP contribution >= 0.6 is 0 Å². The Labute approximate surface area is 392 Å². The predicted molar refractivity (Wildman–Crippen MR) is 282 cm³/mol. The van der Waals surface area contributed by atoms with Crippen molar-refractivity contribution in [3.05, 3.63) is 282 Å². The Morgan fingerprint density at radius 2 is 0.836 bits per heavy atom. The fraction of sp³-hybridized carbons (Fsp3) is 0.0606. The number of fused-ring (bicyclic) bond motifs is 9. The largest absolute Gasteiger partial charge is 0.310 e. The molecule has 13 rings (SSSR count). The van der Waals surface area contributed by atoms with Crippen molar-refractivity contribution in [1.29, 1.82) is 0 Å². The summed E-state index contributed by atoms with van der Waals surface area (Å²) in [5.41, 5.74) is 20.6. The van der Waals surface area contributed by atoms with Crippen LogP contribution in [-0.4, -0.2) is 0 Å². The minimum Gasteiger partial charge on any atom is -0.310 e. The third-order valence-corrected chi connectivity index (χ3v) is 14.9. The fourth-order valence-corrected chi connectivity index (χ4v) is 12.0. The summed E-state index contributed by atoms with van der Waals surface area (Å²) in [6, 6.07) is 92.5. The van der Waals surface area contributed by atoms with Gasteiger partial charge in [0.1, 0.15) is 0 Å². The summed E-state index contributed by atoms with van der Waals surface area (Å²) in [4.78, 5) is 2.53. The lowest BCUT2D eigenvalue weighted by atomic mass is 9.68. The minimum absolute atomic E-state index is 0.188. The molecule has 1 nitrogen and oxygen atoms in total. The number of rotatable bonds is 7. The van der Waals surface area contributed by atoms with Gasteiger partial charge in [-0.2, -0.15) is 0 Å². The number of anilines is 3. The maximum absolute atomic E-state index is 2.53. The maximum Gasteiger partial charge on any atom is 0.0713 e. The number of nitrogens with zero attached hydrogens (tertiary/aromatic N) is 1. The molecule has 0 amide bonds. The molecular weight excluding hydrogens is 807 g/mol. The van der Waals surface area contributed by atoms with Crippen molar-refractivity contribution in [3.63, 3.8) is 0 Å². The van der Waals surface area contributed by atoms with Crippen LogP contribution in [0.2, 0.25) is 0 Å². The monoisotopic (exact) mass is 853 g/mol. The first-order chi connectivity index (χ1) is 33.0. The van der Waals surface area contributed by atoms with Crippen molar-refractivity contribution in [2.45, 2.75) is 24.7 Å². The zero-order valence-electron chi connectivity index (χ0n) is 37.6. The number of benzene rings is 11. The van der Waals surface area contributed by atoms with Crippen LogP contribution in [0.5, 0.6) is 0 Å². The van der Waals surface area contributed by atoms with Gasteiger partial charge in [-0.25, -0.2) is 0 Å². The van der Waals surface area contributed by atoms with E-state index < -0.39 is 5.41 Å². The molecule has 11 aromatic carbocycles. The van der Waals surface area contributed by atoms with E-state index in [0.717, 1.165) is 11.4 Å². The first kappa shape index (κ1) is 39.1. The molecule has 0 fully saturated rings. The zero-order chi connectivity index (χ0) is 44.7.